The van der Waals surface area contributed by atoms with Gasteiger partial charge in [-0.1, -0.05) is 19.1 Å². The van der Waals surface area contributed by atoms with Crippen molar-refractivity contribution in [1.82, 2.24) is 15.1 Å². The molecule has 7 nitrogen and oxygen atoms in total. The van der Waals surface area contributed by atoms with Crippen molar-refractivity contribution in [3.63, 3.8) is 0 Å². The number of amides is 2. The fourth-order valence-corrected chi connectivity index (χ4v) is 5.34. The van der Waals surface area contributed by atoms with E-state index in [1.54, 1.807) is 16.8 Å². The molecule has 30 heavy (non-hydrogen) atoms. The lowest BCUT2D eigenvalue weighted by molar-refractivity contribution is -0.156. The number of carbonyl (C=O) groups is 2. The molecule has 0 saturated carbocycles. The summed E-state index contributed by atoms with van der Waals surface area (Å²) in [5.74, 6) is 1.94. The molecule has 5 aliphatic rings. The van der Waals surface area contributed by atoms with Crippen molar-refractivity contribution < 1.29 is 19.1 Å². The number of rotatable bonds is 2. The van der Waals surface area contributed by atoms with Crippen LogP contribution >= 0.6 is 0 Å². The largest absolute Gasteiger partial charge is 0.458 e. The molecule has 0 radical (unpaired) electrons. The van der Waals surface area contributed by atoms with Gasteiger partial charge in [0.15, 0.2) is 5.76 Å². The molecular weight excluding hydrogens is 382 g/mol. The molecule has 0 aromatic heterocycles. The van der Waals surface area contributed by atoms with Crippen LogP contribution in [0.5, 0.6) is 0 Å². The van der Waals surface area contributed by atoms with E-state index in [0.717, 1.165) is 22.7 Å². The third kappa shape index (κ3) is 2.71. The van der Waals surface area contributed by atoms with Crippen molar-refractivity contribution in [3.05, 3.63) is 58.4 Å². The highest BCUT2D eigenvalue weighted by atomic mass is 16.7. The minimum atomic E-state index is -0.474. The van der Waals surface area contributed by atoms with Crippen molar-refractivity contribution >= 4 is 11.8 Å². The SMILES string of the molecule is CC1=C(/C=C(\C)[C@@H]2C3=C(CC4C(=O)N(C)CC(=O)N42)C2C(=CC=CC2C)N3)OCO1. The lowest BCUT2D eigenvalue weighted by Gasteiger charge is -2.47. The van der Waals surface area contributed by atoms with E-state index in [-0.39, 0.29) is 37.1 Å². The van der Waals surface area contributed by atoms with Crippen molar-refractivity contribution in [2.75, 3.05) is 20.4 Å². The van der Waals surface area contributed by atoms with Gasteiger partial charge in [0.25, 0.3) is 0 Å². The Bertz CT molecular complexity index is 986. The van der Waals surface area contributed by atoms with E-state index >= 15 is 0 Å². The van der Waals surface area contributed by atoms with E-state index < -0.39 is 6.04 Å². The average Bonchev–Trinajstić information content (AvgIpc) is 3.28. The Hall–Kier alpha value is -2.96. The highest BCUT2D eigenvalue weighted by molar-refractivity contribution is 5.96. The zero-order valence-electron chi connectivity index (χ0n) is 17.8. The van der Waals surface area contributed by atoms with Gasteiger partial charge in [-0.2, -0.15) is 0 Å². The fraction of sp³-hybridized carbons (Fsp3) is 0.478. The monoisotopic (exact) mass is 409 g/mol. The van der Waals surface area contributed by atoms with Gasteiger partial charge >= 0.3 is 0 Å². The molecule has 5 rings (SSSR count). The van der Waals surface area contributed by atoms with E-state index in [4.69, 9.17) is 9.47 Å². The molecule has 1 saturated heterocycles. The number of nitrogens with one attached hydrogen (secondary N) is 1. The van der Waals surface area contributed by atoms with Gasteiger partial charge in [-0.05, 0) is 43.1 Å². The van der Waals surface area contributed by atoms with E-state index in [0.29, 0.717) is 18.1 Å². The summed E-state index contributed by atoms with van der Waals surface area (Å²) in [6, 6.07) is -0.800. The van der Waals surface area contributed by atoms with Crippen LogP contribution in [0.1, 0.15) is 27.2 Å². The summed E-state index contributed by atoms with van der Waals surface area (Å²) in [6.07, 6.45) is 8.90. The summed E-state index contributed by atoms with van der Waals surface area (Å²) in [5, 5.41) is 3.61. The number of likely N-dealkylation sites (N-methyl/N-ethyl adjacent to an activating group) is 1. The van der Waals surface area contributed by atoms with Gasteiger partial charge in [-0.25, -0.2) is 0 Å². The Kier molecular flexibility index (Phi) is 4.31. The predicted molar refractivity (Wildman–Crippen MR) is 110 cm³/mol. The van der Waals surface area contributed by atoms with Crippen LogP contribution in [0.4, 0.5) is 0 Å². The van der Waals surface area contributed by atoms with Crippen LogP contribution in [0.25, 0.3) is 0 Å². The van der Waals surface area contributed by atoms with Crippen LogP contribution < -0.4 is 5.32 Å². The highest BCUT2D eigenvalue weighted by Crippen LogP contribution is 2.47. The zero-order valence-corrected chi connectivity index (χ0v) is 17.8. The summed E-state index contributed by atoms with van der Waals surface area (Å²) in [4.78, 5) is 29.5. The van der Waals surface area contributed by atoms with Gasteiger partial charge in [0.05, 0.1) is 12.6 Å². The molecule has 1 fully saturated rings. The number of ether oxygens (including phenoxy) is 2. The summed E-state index contributed by atoms with van der Waals surface area (Å²) in [6.45, 7) is 6.37. The standard InChI is InChI=1S/C23H27N3O4/c1-12-6-5-7-16-20(12)15-9-17-23(28)25(4)10-19(27)26(17)22(21(15)24-16)13(2)8-18-14(3)29-11-30-18/h5-8,12,17,20,22,24H,9-11H2,1-4H3/b13-8+/t12?,17?,20?,22-/m1/s1. The third-order valence-electron chi connectivity index (χ3n) is 6.80. The first-order chi connectivity index (χ1) is 14.4. The molecule has 3 unspecified atom stereocenters. The minimum Gasteiger partial charge on any atom is -0.458 e. The lowest BCUT2D eigenvalue weighted by Crippen LogP contribution is -2.64. The molecule has 0 aromatic carbocycles. The van der Waals surface area contributed by atoms with Gasteiger partial charge in [0, 0.05) is 30.8 Å². The summed E-state index contributed by atoms with van der Waals surface area (Å²) >= 11 is 0. The quantitative estimate of drug-likeness (QED) is 0.757. The predicted octanol–water partition coefficient (Wildman–Crippen LogP) is 2.17. The molecule has 2 amide bonds. The van der Waals surface area contributed by atoms with E-state index in [9.17, 15) is 9.59 Å². The number of piperazine rings is 1. The third-order valence-corrected chi connectivity index (χ3v) is 6.80. The zero-order chi connectivity index (χ0) is 21.2. The maximum absolute atomic E-state index is 13.1. The first-order valence-electron chi connectivity index (χ1n) is 10.5. The summed E-state index contributed by atoms with van der Waals surface area (Å²) in [7, 11) is 1.71. The molecule has 0 bridgehead atoms. The fourth-order valence-electron chi connectivity index (χ4n) is 5.34. The Morgan fingerprint density at radius 2 is 2.10 bits per heavy atom. The molecule has 1 N–H and O–H groups in total. The second-order valence-corrected chi connectivity index (χ2v) is 8.74. The van der Waals surface area contributed by atoms with E-state index in [1.165, 1.54) is 5.57 Å². The second-order valence-electron chi connectivity index (χ2n) is 8.74. The van der Waals surface area contributed by atoms with Gasteiger partial charge in [-0.15, -0.1) is 0 Å². The Morgan fingerprint density at radius 1 is 1.30 bits per heavy atom. The lowest BCUT2D eigenvalue weighted by atomic mass is 9.77. The van der Waals surface area contributed by atoms with Crippen molar-refractivity contribution in [2.24, 2.45) is 11.8 Å². The minimum absolute atomic E-state index is 0.00577. The van der Waals surface area contributed by atoms with Crippen LogP contribution in [0.15, 0.2) is 58.4 Å². The van der Waals surface area contributed by atoms with Crippen LogP contribution in [-0.4, -0.2) is 54.1 Å². The molecule has 4 heterocycles. The Labute approximate surface area is 176 Å². The van der Waals surface area contributed by atoms with Gasteiger partial charge in [-0.3, -0.25) is 9.59 Å². The van der Waals surface area contributed by atoms with E-state index in [2.05, 4.69) is 30.5 Å². The summed E-state index contributed by atoms with van der Waals surface area (Å²) in [5.41, 5.74) is 4.37. The molecule has 7 heteroatoms. The van der Waals surface area contributed by atoms with E-state index in [1.807, 2.05) is 19.9 Å². The molecule has 1 aliphatic carbocycles. The van der Waals surface area contributed by atoms with Gasteiger partial charge in [0.1, 0.15) is 11.8 Å². The highest BCUT2D eigenvalue weighted by Gasteiger charge is 2.51. The number of hydrogen-bond donors (Lipinski definition) is 1. The van der Waals surface area contributed by atoms with Crippen LogP contribution in [-0.2, 0) is 19.1 Å². The maximum Gasteiger partial charge on any atom is 0.245 e. The number of hydrogen-bond acceptors (Lipinski definition) is 5. The molecule has 0 aromatic rings. The number of carbonyl (C=O) groups excluding carboxylic acids is 2. The molecule has 0 spiro atoms. The second kappa shape index (κ2) is 6.79. The van der Waals surface area contributed by atoms with Gasteiger partial charge in [0.2, 0.25) is 18.6 Å². The topological polar surface area (TPSA) is 71.1 Å². The molecular formula is C23H27N3O4. The van der Waals surface area contributed by atoms with Crippen molar-refractivity contribution in [3.8, 4) is 0 Å². The average molecular weight is 409 g/mol. The first-order valence-corrected chi connectivity index (χ1v) is 10.5. The summed E-state index contributed by atoms with van der Waals surface area (Å²) < 4.78 is 11.0. The normalized spacial score (nSPS) is 33.1. The Balaban J connectivity index is 1.63. The molecule has 158 valence electrons. The Morgan fingerprint density at radius 3 is 2.83 bits per heavy atom. The van der Waals surface area contributed by atoms with Crippen LogP contribution in [0.3, 0.4) is 0 Å². The first kappa shape index (κ1) is 19.0. The number of nitrogens with zero attached hydrogens (tertiary/aromatic N) is 2. The number of allylic oxidation sites excluding steroid dienone is 6. The molecule has 4 atom stereocenters. The van der Waals surface area contributed by atoms with Crippen molar-refractivity contribution in [1.29, 1.82) is 0 Å². The smallest absolute Gasteiger partial charge is 0.245 e. The van der Waals surface area contributed by atoms with Crippen LogP contribution in [0.2, 0.25) is 0 Å². The number of fused-ring (bicyclic) bond motifs is 3. The molecule has 4 aliphatic heterocycles. The van der Waals surface area contributed by atoms with Crippen molar-refractivity contribution in [2.45, 2.75) is 39.3 Å². The van der Waals surface area contributed by atoms with Gasteiger partial charge < -0.3 is 24.6 Å². The maximum atomic E-state index is 13.1. The van der Waals surface area contributed by atoms with Crippen LogP contribution in [0, 0.1) is 11.8 Å².